The van der Waals surface area contributed by atoms with Crippen LogP contribution in [0.2, 0.25) is 5.02 Å². The maximum absolute atomic E-state index is 13.0. The van der Waals surface area contributed by atoms with Crippen molar-refractivity contribution in [1.29, 1.82) is 0 Å². The Hall–Kier alpha value is -2.50. The number of fused-ring (bicyclic) bond motifs is 1. The van der Waals surface area contributed by atoms with Gasteiger partial charge in [0, 0.05) is 17.3 Å². The third kappa shape index (κ3) is 5.11. The Labute approximate surface area is 206 Å². The Kier molecular flexibility index (Phi) is 6.71. The van der Waals surface area contributed by atoms with Crippen molar-refractivity contribution >= 4 is 53.0 Å². The molecule has 0 saturated heterocycles. The molecule has 34 heavy (non-hydrogen) atoms. The fourth-order valence-electron chi connectivity index (χ4n) is 3.53. The predicted molar refractivity (Wildman–Crippen MR) is 135 cm³/mol. The molecule has 0 bridgehead atoms. The standard InChI is InChI=1S/C23H21ClN2O5S3/c1-15(16-7-9-18(10-8-16)33(2,28)29)25-34(30,31)19-11-12-21-22(13-19)32-23(27)26(21)14-17-5-3-4-6-20(17)24/h3-13,15,25H,14H2,1-2H3. The van der Waals surface area contributed by atoms with E-state index in [2.05, 4.69) is 4.72 Å². The Morgan fingerprint density at radius 2 is 1.62 bits per heavy atom. The maximum Gasteiger partial charge on any atom is 0.308 e. The lowest BCUT2D eigenvalue weighted by Gasteiger charge is -2.15. The van der Waals surface area contributed by atoms with Crippen LogP contribution in [0.5, 0.6) is 0 Å². The van der Waals surface area contributed by atoms with Gasteiger partial charge in [-0.2, -0.15) is 0 Å². The van der Waals surface area contributed by atoms with Gasteiger partial charge >= 0.3 is 4.87 Å². The predicted octanol–water partition coefficient (Wildman–Crippen LogP) is 4.21. The first-order valence-electron chi connectivity index (χ1n) is 10.1. The lowest BCUT2D eigenvalue weighted by atomic mass is 10.1. The van der Waals surface area contributed by atoms with Crippen molar-refractivity contribution in [2.75, 3.05) is 6.26 Å². The van der Waals surface area contributed by atoms with E-state index in [1.165, 1.54) is 24.3 Å². The Bertz CT molecular complexity index is 1640. The fourth-order valence-corrected chi connectivity index (χ4v) is 6.62. The first-order chi connectivity index (χ1) is 16.0. The highest BCUT2D eigenvalue weighted by Crippen LogP contribution is 2.25. The molecule has 11 heteroatoms. The SMILES string of the molecule is CC(NS(=O)(=O)c1ccc2c(c1)sc(=O)n2Cc1ccccc1Cl)c1ccc(S(C)(=O)=O)cc1. The minimum Gasteiger partial charge on any atom is -0.294 e. The highest BCUT2D eigenvalue weighted by molar-refractivity contribution is 7.90. The van der Waals surface area contributed by atoms with Gasteiger partial charge in [0.05, 0.1) is 26.6 Å². The van der Waals surface area contributed by atoms with E-state index in [0.717, 1.165) is 23.2 Å². The Morgan fingerprint density at radius 1 is 0.971 bits per heavy atom. The van der Waals surface area contributed by atoms with Crippen LogP contribution in [0.1, 0.15) is 24.1 Å². The summed E-state index contributed by atoms with van der Waals surface area (Å²) in [6.07, 6.45) is 1.11. The van der Waals surface area contributed by atoms with Gasteiger partial charge in [-0.05, 0) is 54.4 Å². The van der Waals surface area contributed by atoms with Crippen molar-refractivity contribution in [3.63, 3.8) is 0 Å². The molecule has 0 aliphatic rings. The van der Waals surface area contributed by atoms with Gasteiger partial charge in [-0.15, -0.1) is 0 Å². The van der Waals surface area contributed by atoms with Crippen LogP contribution in [0.25, 0.3) is 10.2 Å². The monoisotopic (exact) mass is 536 g/mol. The molecule has 0 spiro atoms. The minimum absolute atomic E-state index is 0.0331. The molecule has 0 fully saturated rings. The summed E-state index contributed by atoms with van der Waals surface area (Å²) >= 11 is 7.20. The molecule has 1 unspecified atom stereocenters. The van der Waals surface area contributed by atoms with E-state index in [-0.39, 0.29) is 21.2 Å². The maximum atomic E-state index is 13.0. The smallest absolute Gasteiger partial charge is 0.294 e. The average Bonchev–Trinajstić information content (AvgIpc) is 3.09. The number of nitrogens with one attached hydrogen (secondary N) is 1. The molecule has 7 nitrogen and oxygen atoms in total. The Morgan fingerprint density at radius 3 is 2.26 bits per heavy atom. The molecule has 0 saturated carbocycles. The zero-order chi connectivity index (χ0) is 24.7. The van der Waals surface area contributed by atoms with Crippen LogP contribution in [0.3, 0.4) is 0 Å². The van der Waals surface area contributed by atoms with E-state index in [1.807, 2.05) is 18.2 Å². The molecule has 0 amide bonds. The largest absolute Gasteiger partial charge is 0.308 e. The normalized spacial score (nSPS) is 13.3. The van der Waals surface area contributed by atoms with Gasteiger partial charge < -0.3 is 0 Å². The number of halogens is 1. The van der Waals surface area contributed by atoms with Crippen molar-refractivity contribution in [2.45, 2.75) is 29.3 Å². The molecule has 4 aromatic rings. The van der Waals surface area contributed by atoms with Gasteiger partial charge in [-0.25, -0.2) is 21.6 Å². The topological polar surface area (TPSA) is 102 Å². The van der Waals surface area contributed by atoms with Gasteiger partial charge in [0.25, 0.3) is 0 Å². The van der Waals surface area contributed by atoms with Crippen molar-refractivity contribution in [2.24, 2.45) is 0 Å². The van der Waals surface area contributed by atoms with Crippen LogP contribution in [0, 0.1) is 0 Å². The van der Waals surface area contributed by atoms with Gasteiger partial charge in [-0.1, -0.05) is 53.3 Å². The second-order valence-corrected chi connectivity index (χ2v) is 13.0. The van der Waals surface area contributed by atoms with Gasteiger partial charge in [0.15, 0.2) is 9.84 Å². The second-order valence-electron chi connectivity index (χ2n) is 7.86. The lowest BCUT2D eigenvalue weighted by Crippen LogP contribution is -2.26. The van der Waals surface area contributed by atoms with E-state index in [0.29, 0.717) is 20.8 Å². The molecule has 1 N–H and O–H groups in total. The van der Waals surface area contributed by atoms with E-state index in [4.69, 9.17) is 11.6 Å². The summed E-state index contributed by atoms with van der Waals surface area (Å²) in [6, 6.07) is 17.2. The van der Waals surface area contributed by atoms with Gasteiger partial charge in [-0.3, -0.25) is 9.36 Å². The number of rotatable bonds is 7. The number of hydrogen-bond acceptors (Lipinski definition) is 6. The number of aromatic nitrogens is 1. The number of hydrogen-bond donors (Lipinski definition) is 1. The molecular formula is C23H21ClN2O5S3. The van der Waals surface area contributed by atoms with Crippen molar-refractivity contribution in [3.8, 4) is 0 Å². The molecule has 178 valence electrons. The first kappa shape index (κ1) is 24.6. The molecule has 0 radical (unpaired) electrons. The first-order valence-corrected chi connectivity index (χ1v) is 14.7. The van der Waals surface area contributed by atoms with Crippen LogP contribution in [-0.4, -0.2) is 27.7 Å². The average molecular weight is 537 g/mol. The third-order valence-corrected chi connectivity index (χ3v) is 9.35. The molecule has 1 aromatic heterocycles. The highest BCUT2D eigenvalue weighted by atomic mass is 35.5. The van der Waals surface area contributed by atoms with Crippen LogP contribution >= 0.6 is 22.9 Å². The van der Waals surface area contributed by atoms with E-state index < -0.39 is 25.9 Å². The number of benzene rings is 3. The summed E-state index contributed by atoms with van der Waals surface area (Å²) in [4.78, 5) is 12.6. The van der Waals surface area contributed by atoms with Gasteiger partial charge in [0.1, 0.15) is 0 Å². The van der Waals surface area contributed by atoms with Crippen molar-refractivity contribution < 1.29 is 16.8 Å². The number of sulfone groups is 1. The summed E-state index contributed by atoms with van der Waals surface area (Å²) in [6.45, 7) is 1.95. The zero-order valence-electron chi connectivity index (χ0n) is 18.2. The van der Waals surface area contributed by atoms with E-state index >= 15 is 0 Å². The summed E-state index contributed by atoms with van der Waals surface area (Å²) in [7, 11) is -7.24. The molecule has 0 aliphatic carbocycles. The zero-order valence-corrected chi connectivity index (χ0v) is 21.4. The minimum atomic E-state index is -3.90. The number of thiazole rings is 1. The number of nitrogens with zero attached hydrogens (tertiary/aromatic N) is 1. The molecule has 4 rings (SSSR count). The van der Waals surface area contributed by atoms with Crippen LogP contribution in [0.4, 0.5) is 0 Å². The van der Waals surface area contributed by atoms with Crippen LogP contribution in [0.15, 0.2) is 81.3 Å². The third-order valence-electron chi connectivity index (χ3n) is 5.38. The lowest BCUT2D eigenvalue weighted by molar-refractivity contribution is 0.566. The summed E-state index contributed by atoms with van der Waals surface area (Å²) in [5.74, 6) is 0. The van der Waals surface area contributed by atoms with Crippen LogP contribution < -0.4 is 9.60 Å². The second kappa shape index (κ2) is 9.27. The van der Waals surface area contributed by atoms with Crippen LogP contribution in [-0.2, 0) is 26.4 Å². The number of sulfonamides is 1. The van der Waals surface area contributed by atoms with E-state index in [9.17, 15) is 21.6 Å². The molecule has 0 aliphatic heterocycles. The van der Waals surface area contributed by atoms with E-state index in [1.54, 1.807) is 35.8 Å². The fraction of sp³-hybridized carbons (Fsp3) is 0.174. The van der Waals surface area contributed by atoms with Gasteiger partial charge in [0.2, 0.25) is 10.0 Å². The summed E-state index contributed by atoms with van der Waals surface area (Å²) in [5, 5.41) is 0.552. The van der Waals surface area contributed by atoms with Crippen molar-refractivity contribution in [1.82, 2.24) is 9.29 Å². The quantitative estimate of drug-likeness (QED) is 0.381. The molecule has 1 heterocycles. The Balaban J connectivity index is 1.60. The molecule has 1 atom stereocenters. The van der Waals surface area contributed by atoms with Crippen molar-refractivity contribution in [3.05, 3.63) is 92.5 Å². The summed E-state index contributed by atoms with van der Waals surface area (Å²) in [5.41, 5.74) is 2.03. The summed E-state index contributed by atoms with van der Waals surface area (Å²) < 4.78 is 54.0. The molecule has 3 aromatic carbocycles. The molecular weight excluding hydrogens is 516 g/mol. The highest BCUT2D eigenvalue weighted by Gasteiger charge is 2.21.